The van der Waals surface area contributed by atoms with Crippen molar-refractivity contribution in [2.45, 2.75) is 138 Å². The predicted molar refractivity (Wildman–Crippen MR) is 213 cm³/mol. The highest BCUT2D eigenvalue weighted by Crippen LogP contribution is 2.53. The molecule has 2 heterocycles. The summed E-state index contributed by atoms with van der Waals surface area (Å²) >= 11 is 6.96. The molecule has 11 nitrogen and oxygen atoms in total. The highest BCUT2D eigenvalue weighted by molar-refractivity contribution is 6.31. The largest absolute Gasteiger partial charge is 0.493 e. The van der Waals surface area contributed by atoms with Gasteiger partial charge in [0.25, 0.3) is 5.91 Å². The summed E-state index contributed by atoms with van der Waals surface area (Å²) in [6.07, 6.45) is -0.783. The minimum absolute atomic E-state index is 0.0436. The molecule has 55 heavy (non-hydrogen) atoms. The summed E-state index contributed by atoms with van der Waals surface area (Å²) < 4.78 is 25.0. The second-order valence-electron chi connectivity index (χ2n) is 16.5. The van der Waals surface area contributed by atoms with Crippen LogP contribution >= 0.6 is 11.6 Å². The second kappa shape index (κ2) is 17.1. The molecular weight excluding hydrogens is 724 g/mol. The van der Waals surface area contributed by atoms with Crippen LogP contribution in [0.4, 0.5) is 5.69 Å². The number of carboxylic acids is 1. The smallest absolute Gasteiger partial charge is 0.305 e. The van der Waals surface area contributed by atoms with E-state index in [0.717, 1.165) is 16.7 Å². The van der Waals surface area contributed by atoms with Crippen molar-refractivity contribution in [3.63, 3.8) is 0 Å². The first-order valence-corrected chi connectivity index (χ1v) is 19.8. The van der Waals surface area contributed by atoms with Crippen molar-refractivity contribution in [1.29, 1.82) is 0 Å². The van der Waals surface area contributed by atoms with Crippen molar-refractivity contribution < 1.29 is 43.2 Å². The Labute approximate surface area is 332 Å². The van der Waals surface area contributed by atoms with Crippen LogP contribution in [0.5, 0.6) is 11.5 Å². The van der Waals surface area contributed by atoms with Crippen LogP contribution in [0.25, 0.3) is 0 Å². The third-order valence-electron chi connectivity index (χ3n) is 11.9. The van der Waals surface area contributed by atoms with E-state index in [9.17, 15) is 19.5 Å². The fourth-order valence-electron chi connectivity index (χ4n) is 9.39. The van der Waals surface area contributed by atoms with E-state index in [1.165, 1.54) is 0 Å². The third kappa shape index (κ3) is 8.63. The second-order valence-corrected chi connectivity index (χ2v) is 16.9. The van der Waals surface area contributed by atoms with Gasteiger partial charge in [-0.15, -0.1) is 0 Å². The molecule has 0 saturated carbocycles. The van der Waals surface area contributed by atoms with Crippen LogP contribution in [0.15, 0.2) is 18.2 Å². The molecule has 0 aromatic heterocycles. The number of carbonyl (C=O) groups is 4. The number of aliphatic carboxylic acids is 1. The Hall–Kier alpha value is -3.83. The maximum Gasteiger partial charge on any atom is 0.305 e. The molecule has 1 fully saturated rings. The van der Waals surface area contributed by atoms with Gasteiger partial charge >= 0.3 is 11.9 Å². The molecule has 6 atom stereocenters. The van der Waals surface area contributed by atoms with Gasteiger partial charge < -0.3 is 33.9 Å². The fourth-order valence-corrected chi connectivity index (χ4v) is 9.56. The van der Waals surface area contributed by atoms with E-state index in [1.807, 2.05) is 87.4 Å². The average Bonchev–Trinajstić information content (AvgIpc) is 3.17. The van der Waals surface area contributed by atoms with Crippen molar-refractivity contribution in [3.05, 3.63) is 51.0 Å². The van der Waals surface area contributed by atoms with Gasteiger partial charge in [-0.25, -0.2) is 0 Å². The Morgan fingerprint density at radius 1 is 1.05 bits per heavy atom. The molecule has 2 aliphatic heterocycles. The van der Waals surface area contributed by atoms with E-state index in [1.54, 1.807) is 30.9 Å². The predicted octanol–water partition coefficient (Wildman–Crippen LogP) is 8.16. The number of methoxy groups -OCH3 is 2. The van der Waals surface area contributed by atoms with Gasteiger partial charge in [-0.2, -0.15) is 0 Å². The van der Waals surface area contributed by atoms with Gasteiger partial charge in [-0.3, -0.25) is 19.2 Å². The lowest BCUT2D eigenvalue weighted by atomic mass is 9.74. The zero-order valence-electron chi connectivity index (χ0n) is 34.9. The molecule has 12 heteroatoms. The SMILES string of the molecule is CCC(=O)OC(C)C(C(C)C)C(C)(C)N1C(=O)[C@@H](CC(=O)N2CCC(CC(=O)O)CC2C)O[C@](C)(c2c(C)c(C)cc(OC)c2OC)c2cc(Cl)c(C)cc21. The molecule has 2 aromatic rings. The van der Waals surface area contributed by atoms with E-state index in [-0.39, 0.29) is 54.9 Å². The number of halogens is 1. The zero-order valence-corrected chi connectivity index (χ0v) is 35.7. The molecule has 304 valence electrons. The number of aryl methyl sites for hydroxylation is 2. The van der Waals surface area contributed by atoms with Crippen LogP contribution in [0.2, 0.25) is 5.02 Å². The summed E-state index contributed by atoms with van der Waals surface area (Å²) in [6, 6.07) is 5.39. The number of carbonyl (C=O) groups excluding carboxylic acids is 3. The maximum absolute atomic E-state index is 15.6. The van der Waals surface area contributed by atoms with Gasteiger partial charge in [0.1, 0.15) is 17.8 Å². The lowest BCUT2D eigenvalue weighted by molar-refractivity contribution is -0.155. The van der Waals surface area contributed by atoms with E-state index < -0.39 is 35.2 Å². The number of benzene rings is 2. The van der Waals surface area contributed by atoms with Gasteiger partial charge in [0.2, 0.25) is 5.91 Å². The molecule has 0 aliphatic carbocycles. The van der Waals surface area contributed by atoms with Crippen molar-refractivity contribution in [1.82, 2.24) is 4.90 Å². The van der Waals surface area contributed by atoms with Crippen LogP contribution < -0.4 is 14.4 Å². The molecule has 0 spiro atoms. The summed E-state index contributed by atoms with van der Waals surface area (Å²) in [5.41, 5.74) is 1.85. The number of likely N-dealkylation sites (tertiary alicyclic amines) is 1. The van der Waals surface area contributed by atoms with Gasteiger partial charge in [0.15, 0.2) is 11.5 Å². The van der Waals surface area contributed by atoms with Crippen LogP contribution in [0.1, 0.15) is 115 Å². The Balaban J connectivity index is 2.02. The van der Waals surface area contributed by atoms with E-state index in [2.05, 4.69) is 0 Å². The van der Waals surface area contributed by atoms with E-state index in [4.69, 9.17) is 30.5 Å². The Morgan fingerprint density at radius 3 is 2.25 bits per heavy atom. The normalized spacial score (nSPS) is 22.8. The Morgan fingerprint density at radius 2 is 1.71 bits per heavy atom. The van der Waals surface area contributed by atoms with Crippen LogP contribution in [-0.2, 0) is 34.3 Å². The van der Waals surface area contributed by atoms with Crippen molar-refractivity contribution in [2.24, 2.45) is 17.8 Å². The zero-order chi connectivity index (χ0) is 41.3. The van der Waals surface area contributed by atoms with Crippen LogP contribution in [0, 0.1) is 38.5 Å². The highest BCUT2D eigenvalue weighted by atomic mass is 35.5. The molecule has 2 amide bonds. The summed E-state index contributed by atoms with van der Waals surface area (Å²) in [5.74, 6) is -1.43. The van der Waals surface area contributed by atoms with Crippen LogP contribution in [-0.4, -0.2) is 78.3 Å². The van der Waals surface area contributed by atoms with Gasteiger partial charge in [-0.1, -0.05) is 32.4 Å². The molecule has 2 aromatic carbocycles. The lowest BCUT2D eigenvalue weighted by Gasteiger charge is -2.48. The number of rotatable bonds is 13. The standard InChI is InChI=1S/C43H61ClN2O9/c1-14-37(50)54-28(8)38(23(2)3)42(9,10)46-32-17-25(5)31(44)21-30(32)43(11,39-27(7)24(4)18-33(52-12)40(39)53-13)55-34(41(46)51)22-35(47)45-16-15-29(19-26(45)6)20-36(48)49/h17-18,21,23,26,28-29,34,38H,14-16,19-20,22H2,1-13H3,(H,48,49)/t26?,28?,29?,34-,38?,43+/m1/s1. The minimum atomic E-state index is -1.42. The number of hydrogen-bond donors (Lipinski definition) is 1. The average molecular weight is 785 g/mol. The van der Waals surface area contributed by atoms with Crippen molar-refractivity contribution >= 4 is 41.0 Å². The fraction of sp³-hybridized carbons (Fsp3) is 0.628. The molecular formula is C43H61ClN2O9. The number of anilines is 1. The molecule has 2 aliphatic rings. The molecule has 0 bridgehead atoms. The molecule has 4 unspecified atom stereocenters. The minimum Gasteiger partial charge on any atom is -0.493 e. The number of nitrogens with zero attached hydrogens (tertiary/aromatic N) is 2. The van der Waals surface area contributed by atoms with Gasteiger partial charge in [0, 0.05) is 53.0 Å². The molecule has 0 radical (unpaired) electrons. The summed E-state index contributed by atoms with van der Waals surface area (Å²) in [6.45, 7) is 21.6. The summed E-state index contributed by atoms with van der Waals surface area (Å²) in [7, 11) is 3.12. The Bertz CT molecular complexity index is 1790. The quantitative estimate of drug-likeness (QED) is 0.200. The first kappa shape index (κ1) is 43.9. The Kier molecular flexibility index (Phi) is 13.7. The number of fused-ring (bicyclic) bond motifs is 1. The van der Waals surface area contributed by atoms with Crippen LogP contribution in [0.3, 0.4) is 0 Å². The van der Waals surface area contributed by atoms with Crippen molar-refractivity contribution in [3.8, 4) is 11.5 Å². The summed E-state index contributed by atoms with van der Waals surface area (Å²) in [4.78, 5) is 57.6. The number of hydrogen-bond acceptors (Lipinski definition) is 8. The topological polar surface area (TPSA) is 132 Å². The summed E-state index contributed by atoms with van der Waals surface area (Å²) in [5, 5.41) is 9.89. The van der Waals surface area contributed by atoms with Gasteiger partial charge in [-0.05, 0) is 115 Å². The highest BCUT2D eigenvalue weighted by Gasteiger charge is 2.53. The monoisotopic (exact) mass is 784 g/mol. The number of esters is 1. The molecule has 4 rings (SSSR count). The van der Waals surface area contributed by atoms with Gasteiger partial charge in [0.05, 0.1) is 26.3 Å². The maximum atomic E-state index is 15.6. The molecule has 1 saturated heterocycles. The van der Waals surface area contributed by atoms with E-state index in [0.29, 0.717) is 52.7 Å². The lowest BCUT2D eigenvalue weighted by Crippen LogP contribution is -2.60. The molecule has 1 N–H and O–H groups in total. The number of ether oxygens (including phenoxy) is 4. The van der Waals surface area contributed by atoms with Crippen molar-refractivity contribution in [2.75, 3.05) is 25.7 Å². The first-order valence-electron chi connectivity index (χ1n) is 19.4. The number of amides is 2. The number of carboxylic acid groups (broad SMARTS) is 1. The number of piperidine rings is 1. The van der Waals surface area contributed by atoms with E-state index >= 15 is 4.79 Å². The first-order chi connectivity index (χ1) is 25.6. The third-order valence-corrected chi connectivity index (χ3v) is 12.3.